The molecule has 0 amide bonds. The molecule has 1 spiro atoms. The number of rotatable bonds is 4. The van der Waals surface area contributed by atoms with E-state index in [4.69, 9.17) is 40.7 Å². The summed E-state index contributed by atoms with van der Waals surface area (Å²) < 4.78 is 33.1. The molecule has 1 saturated carbocycles. The molecule has 4 saturated heterocycles. The highest BCUT2D eigenvalue weighted by molar-refractivity contribution is 6.31. The molecule has 4 heterocycles. The number of carboxylic acids is 1. The average Bonchev–Trinajstić information content (AvgIpc) is 2.96. The molecular formula is C23H28ClFO7. The number of benzene rings is 1. The lowest BCUT2D eigenvalue weighted by Crippen LogP contribution is -2.70. The van der Waals surface area contributed by atoms with Crippen molar-refractivity contribution in [1.82, 2.24) is 0 Å². The number of ether oxygens (including phenoxy) is 3. The Labute approximate surface area is 191 Å². The molecule has 5 aliphatic rings. The number of fused-ring (bicyclic) bond motifs is 2. The number of carboxylic acid groups (broad SMARTS) is 1. The molecule has 2 bridgehead atoms. The van der Waals surface area contributed by atoms with Crippen molar-refractivity contribution < 1.29 is 38.3 Å². The standard InChI is InChI=1S/C23H28ClFO7/c1-11-4-5-16-12(2)20(28-10-14-17(24)8-13(19(26)27)9-18(14)25)29-21-23(16)15(11)6-7-22(3,30-21)31-32-23/h8-9,11-12,15-16,20-21H,4-7,10H2,1-3H3,(H,26,27)/t11-,12-,15+,16+,20+,21-,22-,23-/m1/s1. The van der Waals surface area contributed by atoms with Crippen molar-refractivity contribution in [3.05, 3.63) is 34.1 Å². The fourth-order valence-corrected chi connectivity index (χ4v) is 6.35. The van der Waals surface area contributed by atoms with Crippen LogP contribution in [0.2, 0.25) is 5.02 Å². The van der Waals surface area contributed by atoms with Gasteiger partial charge >= 0.3 is 5.97 Å². The van der Waals surface area contributed by atoms with Gasteiger partial charge in [0.05, 0.1) is 12.2 Å². The first-order valence-electron chi connectivity index (χ1n) is 11.2. The molecule has 6 rings (SSSR count). The SMILES string of the molecule is C[C@H]1[C@@H](OCc2c(F)cc(C(=O)O)cc2Cl)O[C@@H]2O[C@@]3(C)CC[C@H]4[C@H](C)CC[C@@H]1[C@@]24OO3. The van der Waals surface area contributed by atoms with Crippen LogP contribution in [-0.2, 0) is 30.6 Å². The van der Waals surface area contributed by atoms with Crippen LogP contribution in [0.5, 0.6) is 0 Å². The predicted octanol–water partition coefficient (Wildman–Crippen LogP) is 4.90. The molecule has 4 aliphatic heterocycles. The first kappa shape index (κ1) is 22.5. The van der Waals surface area contributed by atoms with Crippen LogP contribution in [0.25, 0.3) is 0 Å². The van der Waals surface area contributed by atoms with E-state index in [9.17, 15) is 9.18 Å². The first-order valence-corrected chi connectivity index (χ1v) is 11.6. The molecule has 32 heavy (non-hydrogen) atoms. The fraction of sp³-hybridized carbons (Fsp3) is 0.696. The Morgan fingerprint density at radius 2 is 2.03 bits per heavy atom. The van der Waals surface area contributed by atoms with Crippen LogP contribution in [0, 0.1) is 29.5 Å². The second-order valence-electron chi connectivity index (χ2n) is 9.81. The Kier molecular flexibility index (Phi) is 5.55. The van der Waals surface area contributed by atoms with Crippen LogP contribution in [0.4, 0.5) is 4.39 Å². The maximum atomic E-state index is 14.5. The van der Waals surface area contributed by atoms with Gasteiger partial charge in [0.15, 0.2) is 18.2 Å². The maximum absolute atomic E-state index is 14.5. The lowest BCUT2D eigenvalue weighted by atomic mass is 9.58. The molecule has 176 valence electrons. The molecule has 1 aliphatic carbocycles. The first-order chi connectivity index (χ1) is 15.1. The summed E-state index contributed by atoms with van der Waals surface area (Å²) in [5, 5.41) is 9.09. The lowest BCUT2D eigenvalue weighted by molar-refractivity contribution is -0.577. The molecule has 5 fully saturated rings. The van der Waals surface area contributed by atoms with Gasteiger partial charge in [-0.15, -0.1) is 0 Å². The van der Waals surface area contributed by atoms with Gasteiger partial charge in [-0.1, -0.05) is 25.4 Å². The van der Waals surface area contributed by atoms with Crippen molar-refractivity contribution in [2.45, 2.75) is 77.0 Å². The Hall–Kier alpha value is -1.29. The summed E-state index contributed by atoms with van der Waals surface area (Å²) in [6.07, 6.45) is 2.32. The number of carbonyl (C=O) groups is 1. The minimum absolute atomic E-state index is 0.00269. The van der Waals surface area contributed by atoms with Crippen LogP contribution in [0.15, 0.2) is 12.1 Å². The zero-order valence-electron chi connectivity index (χ0n) is 18.3. The van der Waals surface area contributed by atoms with E-state index in [2.05, 4.69) is 6.92 Å². The molecule has 7 nitrogen and oxygen atoms in total. The topological polar surface area (TPSA) is 83.5 Å². The molecule has 0 aromatic heterocycles. The number of hydrogen-bond acceptors (Lipinski definition) is 6. The zero-order valence-corrected chi connectivity index (χ0v) is 19.1. The highest BCUT2D eigenvalue weighted by Crippen LogP contribution is 2.60. The molecule has 8 atom stereocenters. The van der Waals surface area contributed by atoms with Crippen LogP contribution in [-0.4, -0.2) is 35.0 Å². The van der Waals surface area contributed by atoms with Gasteiger partial charge in [-0.3, -0.25) is 0 Å². The maximum Gasteiger partial charge on any atom is 0.335 e. The van der Waals surface area contributed by atoms with Gasteiger partial charge in [0, 0.05) is 28.8 Å². The van der Waals surface area contributed by atoms with Crippen LogP contribution < -0.4 is 0 Å². The van der Waals surface area contributed by atoms with Gasteiger partial charge < -0.3 is 19.3 Å². The Morgan fingerprint density at radius 3 is 2.75 bits per heavy atom. The second kappa shape index (κ2) is 7.89. The summed E-state index contributed by atoms with van der Waals surface area (Å²) in [5.74, 6) is -2.13. The Balaban J connectivity index is 1.40. The Bertz CT molecular complexity index is 905. The van der Waals surface area contributed by atoms with E-state index in [-0.39, 0.29) is 40.5 Å². The van der Waals surface area contributed by atoms with Crippen molar-refractivity contribution in [3.63, 3.8) is 0 Å². The smallest absolute Gasteiger partial charge is 0.335 e. The van der Waals surface area contributed by atoms with E-state index in [1.807, 2.05) is 13.8 Å². The normalized spacial score (nSPS) is 42.9. The third-order valence-corrected chi connectivity index (χ3v) is 8.21. The van der Waals surface area contributed by atoms with Crippen LogP contribution >= 0.6 is 11.6 Å². The summed E-state index contributed by atoms with van der Waals surface area (Å²) in [4.78, 5) is 23.0. The summed E-state index contributed by atoms with van der Waals surface area (Å²) in [5.41, 5.74) is -0.812. The largest absolute Gasteiger partial charge is 0.478 e. The molecule has 9 heteroatoms. The van der Waals surface area contributed by atoms with Gasteiger partial charge in [0.2, 0.25) is 5.79 Å². The van der Waals surface area contributed by atoms with Crippen molar-refractivity contribution in [1.29, 1.82) is 0 Å². The minimum Gasteiger partial charge on any atom is -0.478 e. The quantitative estimate of drug-likeness (QED) is 0.626. The van der Waals surface area contributed by atoms with Crippen molar-refractivity contribution in [2.75, 3.05) is 0 Å². The van der Waals surface area contributed by atoms with Gasteiger partial charge in [-0.2, -0.15) is 0 Å². The van der Waals surface area contributed by atoms with Crippen molar-refractivity contribution in [2.24, 2.45) is 23.7 Å². The third kappa shape index (κ3) is 3.38. The molecule has 1 N–H and O–H groups in total. The third-order valence-electron chi connectivity index (χ3n) is 7.88. The summed E-state index contributed by atoms with van der Waals surface area (Å²) in [6, 6.07) is 2.16. The summed E-state index contributed by atoms with van der Waals surface area (Å²) in [7, 11) is 0. The van der Waals surface area contributed by atoms with E-state index >= 15 is 0 Å². The zero-order chi connectivity index (χ0) is 22.8. The van der Waals surface area contributed by atoms with Crippen molar-refractivity contribution >= 4 is 17.6 Å². The van der Waals surface area contributed by atoms with Gasteiger partial charge in [0.25, 0.3) is 0 Å². The average molecular weight is 471 g/mol. The lowest BCUT2D eigenvalue weighted by Gasteiger charge is -2.60. The van der Waals surface area contributed by atoms with E-state index in [1.54, 1.807) is 0 Å². The Morgan fingerprint density at radius 1 is 1.25 bits per heavy atom. The van der Waals surface area contributed by atoms with Gasteiger partial charge in [-0.05, 0) is 50.2 Å². The highest BCUT2D eigenvalue weighted by atomic mass is 35.5. The second-order valence-corrected chi connectivity index (χ2v) is 10.2. The molecule has 0 radical (unpaired) electrons. The van der Waals surface area contributed by atoms with E-state index in [0.717, 1.165) is 25.3 Å². The monoisotopic (exact) mass is 470 g/mol. The predicted molar refractivity (Wildman–Crippen MR) is 110 cm³/mol. The highest BCUT2D eigenvalue weighted by Gasteiger charge is 2.69. The molecule has 1 aromatic carbocycles. The summed E-state index contributed by atoms with van der Waals surface area (Å²) in [6.45, 7) is 5.99. The number of aromatic carboxylic acids is 1. The van der Waals surface area contributed by atoms with E-state index in [1.165, 1.54) is 6.07 Å². The van der Waals surface area contributed by atoms with Gasteiger partial charge in [-0.25, -0.2) is 19.0 Å². The van der Waals surface area contributed by atoms with E-state index in [0.29, 0.717) is 12.3 Å². The minimum atomic E-state index is -1.25. The van der Waals surface area contributed by atoms with Gasteiger partial charge in [0.1, 0.15) is 5.82 Å². The molecule has 0 unspecified atom stereocenters. The van der Waals surface area contributed by atoms with Crippen LogP contribution in [0.3, 0.4) is 0 Å². The van der Waals surface area contributed by atoms with E-state index < -0.39 is 35.8 Å². The fourth-order valence-electron chi connectivity index (χ4n) is 6.09. The van der Waals surface area contributed by atoms with Crippen molar-refractivity contribution in [3.8, 4) is 0 Å². The van der Waals surface area contributed by atoms with Crippen LogP contribution in [0.1, 0.15) is 62.4 Å². The summed E-state index contributed by atoms with van der Waals surface area (Å²) >= 11 is 6.15. The molecule has 1 aromatic rings. The number of hydrogen-bond donors (Lipinski definition) is 1. The molecular weight excluding hydrogens is 443 g/mol. The number of halogens is 2.